The molecule has 5 heteroatoms. The van der Waals surface area contributed by atoms with Gasteiger partial charge in [-0.3, -0.25) is 4.79 Å². The lowest BCUT2D eigenvalue weighted by Gasteiger charge is -2.10. The zero-order valence-corrected chi connectivity index (χ0v) is 12.2. The van der Waals surface area contributed by atoms with Crippen molar-refractivity contribution in [2.75, 3.05) is 5.32 Å². The van der Waals surface area contributed by atoms with Crippen molar-refractivity contribution in [1.82, 2.24) is 0 Å². The summed E-state index contributed by atoms with van der Waals surface area (Å²) in [5.74, 6) is -0.353. The zero-order chi connectivity index (χ0) is 15.2. The Kier molecular flexibility index (Phi) is 4.95. The molecule has 0 bridgehead atoms. The molecular formula is C16H14ClNO3. The maximum atomic E-state index is 12.1. The molecule has 0 saturated heterocycles. The van der Waals surface area contributed by atoms with Gasteiger partial charge in [0.25, 0.3) is 0 Å². The number of amides is 1. The van der Waals surface area contributed by atoms with Crippen LogP contribution in [-0.4, -0.2) is 11.9 Å². The quantitative estimate of drug-likeness (QED) is 0.688. The Bertz CT molecular complexity index is 653. The van der Waals surface area contributed by atoms with E-state index in [2.05, 4.69) is 5.32 Å². The summed E-state index contributed by atoms with van der Waals surface area (Å²) in [5, 5.41) is 3.23. The standard InChI is InChI=1S/C16H14ClNO3/c1-2-15(19)18-13-5-3-4-6-14(13)21-16(20)11-7-9-12(17)10-8-11/h3-10H,2H2,1H3,(H,18,19). The van der Waals surface area contributed by atoms with Gasteiger partial charge in [0.2, 0.25) is 5.91 Å². The van der Waals surface area contributed by atoms with Crippen LogP contribution in [0.2, 0.25) is 5.02 Å². The zero-order valence-electron chi connectivity index (χ0n) is 11.4. The van der Waals surface area contributed by atoms with Gasteiger partial charge in [-0.25, -0.2) is 4.79 Å². The summed E-state index contributed by atoms with van der Waals surface area (Å²) in [7, 11) is 0. The number of carbonyl (C=O) groups excluding carboxylic acids is 2. The topological polar surface area (TPSA) is 55.4 Å². The van der Waals surface area contributed by atoms with Gasteiger partial charge < -0.3 is 10.1 Å². The second-order valence-corrected chi connectivity index (χ2v) is 4.73. The molecule has 0 spiro atoms. The van der Waals surface area contributed by atoms with Crippen LogP contribution in [0, 0.1) is 0 Å². The Labute approximate surface area is 127 Å². The number of nitrogens with one attached hydrogen (secondary N) is 1. The van der Waals surface area contributed by atoms with E-state index in [1.807, 2.05) is 0 Å². The van der Waals surface area contributed by atoms with Gasteiger partial charge in [0.1, 0.15) is 0 Å². The van der Waals surface area contributed by atoms with Crippen LogP contribution < -0.4 is 10.1 Å². The molecule has 0 aliphatic rings. The molecule has 0 aliphatic carbocycles. The summed E-state index contributed by atoms with van der Waals surface area (Å²) < 4.78 is 5.32. The fourth-order valence-corrected chi connectivity index (χ4v) is 1.77. The SMILES string of the molecule is CCC(=O)Nc1ccccc1OC(=O)c1ccc(Cl)cc1. The Balaban J connectivity index is 2.17. The molecule has 0 fully saturated rings. The van der Waals surface area contributed by atoms with Crippen molar-refractivity contribution in [1.29, 1.82) is 0 Å². The van der Waals surface area contributed by atoms with E-state index in [1.165, 1.54) is 0 Å². The van der Waals surface area contributed by atoms with Crippen LogP contribution in [0.4, 0.5) is 5.69 Å². The normalized spacial score (nSPS) is 10.0. The second kappa shape index (κ2) is 6.90. The lowest BCUT2D eigenvalue weighted by Crippen LogP contribution is -2.13. The number of hydrogen-bond donors (Lipinski definition) is 1. The van der Waals surface area contributed by atoms with Crippen molar-refractivity contribution in [3.8, 4) is 5.75 Å². The highest BCUT2D eigenvalue weighted by molar-refractivity contribution is 6.30. The number of halogens is 1. The van der Waals surface area contributed by atoms with E-state index >= 15 is 0 Å². The first-order valence-electron chi connectivity index (χ1n) is 6.46. The third kappa shape index (κ3) is 4.07. The number of hydrogen-bond acceptors (Lipinski definition) is 3. The van der Waals surface area contributed by atoms with Crippen LogP contribution in [0.3, 0.4) is 0 Å². The minimum absolute atomic E-state index is 0.148. The van der Waals surface area contributed by atoms with Gasteiger partial charge in [0, 0.05) is 11.4 Å². The van der Waals surface area contributed by atoms with Crippen LogP contribution in [0.15, 0.2) is 48.5 Å². The summed E-state index contributed by atoms with van der Waals surface area (Å²) >= 11 is 5.78. The third-order valence-corrected chi connectivity index (χ3v) is 3.02. The highest BCUT2D eigenvalue weighted by Crippen LogP contribution is 2.25. The van der Waals surface area contributed by atoms with Crippen LogP contribution in [-0.2, 0) is 4.79 Å². The summed E-state index contributed by atoms with van der Waals surface area (Å²) in [4.78, 5) is 23.5. The summed E-state index contributed by atoms with van der Waals surface area (Å²) in [6.07, 6.45) is 0.347. The van der Waals surface area contributed by atoms with Crippen molar-refractivity contribution in [2.45, 2.75) is 13.3 Å². The first kappa shape index (κ1) is 15.1. The van der Waals surface area contributed by atoms with Gasteiger partial charge in [-0.2, -0.15) is 0 Å². The lowest BCUT2D eigenvalue weighted by molar-refractivity contribution is -0.115. The highest BCUT2D eigenvalue weighted by atomic mass is 35.5. The molecule has 0 aliphatic heterocycles. The van der Waals surface area contributed by atoms with E-state index in [-0.39, 0.29) is 5.91 Å². The van der Waals surface area contributed by atoms with E-state index in [0.717, 1.165) is 0 Å². The van der Waals surface area contributed by atoms with Crippen molar-refractivity contribution < 1.29 is 14.3 Å². The predicted octanol–water partition coefficient (Wildman–Crippen LogP) is 3.91. The Morgan fingerprint density at radius 1 is 1.10 bits per heavy atom. The molecule has 0 aromatic heterocycles. The van der Waals surface area contributed by atoms with Gasteiger partial charge in [0.05, 0.1) is 11.3 Å². The summed E-state index contributed by atoms with van der Waals surface area (Å²) in [5.41, 5.74) is 0.850. The number of carbonyl (C=O) groups is 2. The average molecular weight is 304 g/mol. The van der Waals surface area contributed by atoms with Crippen LogP contribution in [0.1, 0.15) is 23.7 Å². The molecular weight excluding hydrogens is 290 g/mol. The highest BCUT2D eigenvalue weighted by Gasteiger charge is 2.12. The molecule has 21 heavy (non-hydrogen) atoms. The van der Waals surface area contributed by atoms with E-state index < -0.39 is 5.97 Å². The average Bonchev–Trinajstić information content (AvgIpc) is 2.49. The van der Waals surface area contributed by atoms with E-state index in [4.69, 9.17) is 16.3 Å². The van der Waals surface area contributed by atoms with Gasteiger partial charge >= 0.3 is 5.97 Å². The van der Waals surface area contributed by atoms with E-state index in [9.17, 15) is 9.59 Å². The molecule has 0 radical (unpaired) electrons. The van der Waals surface area contributed by atoms with Crippen molar-refractivity contribution >= 4 is 29.2 Å². The molecule has 1 N–H and O–H groups in total. The Morgan fingerprint density at radius 2 is 1.76 bits per heavy atom. The fraction of sp³-hybridized carbons (Fsp3) is 0.125. The fourth-order valence-electron chi connectivity index (χ4n) is 1.64. The van der Waals surface area contributed by atoms with Gasteiger partial charge in [-0.05, 0) is 36.4 Å². The van der Waals surface area contributed by atoms with E-state index in [1.54, 1.807) is 55.5 Å². The number of rotatable bonds is 4. The molecule has 0 saturated carbocycles. The van der Waals surface area contributed by atoms with Crippen molar-refractivity contribution in [2.24, 2.45) is 0 Å². The molecule has 2 aromatic carbocycles. The number of ether oxygens (including phenoxy) is 1. The molecule has 0 unspecified atom stereocenters. The van der Waals surface area contributed by atoms with Crippen LogP contribution in [0.5, 0.6) is 5.75 Å². The third-order valence-electron chi connectivity index (χ3n) is 2.76. The Hall–Kier alpha value is -2.33. The predicted molar refractivity (Wildman–Crippen MR) is 81.8 cm³/mol. The summed E-state index contributed by atoms with van der Waals surface area (Å²) in [6, 6.07) is 13.2. The lowest BCUT2D eigenvalue weighted by atomic mass is 10.2. The van der Waals surface area contributed by atoms with Gasteiger partial charge in [-0.1, -0.05) is 30.7 Å². The van der Waals surface area contributed by atoms with Gasteiger partial charge in [-0.15, -0.1) is 0 Å². The van der Waals surface area contributed by atoms with Crippen molar-refractivity contribution in [3.05, 3.63) is 59.1 Å². The van der Waals surface area contributed by atoms with Gasteiger partial charge in [0.15, 0.2) is 5.75 Å². The van der Waals surface area contributed by atoms with Crippen LogP contribution in [0.25, 0.3) is 0 Å². The molecule has 2 aromatic rings. The minimum atomic E-state index is -0.509. The summed E-state index contributed by atoms with van der Waals surface area (Å²) in [6.45, 7) is 1.75. The maximum Gasteiger partial charge on any atom is 0.343 e. The second-order valence-electron chi connectivity index (χ2n) is 4.29. The molecule has 2 rings (SSSR count). The number of benzene rings is 2. The van der Waals surface area contributed by atoms with Crippen LogP contribution >= 0.6 is 11.6 Å². The maximum absolute atomic E-state index is 12.1. The Morgan fingerprint density at radius 3 is 2.43 bits per heavy atom. The first-order valence-corrected chi connectivity index (χ1v) is 6.84. The molecule has 0 heterocycles. The monoisotopic (exact) mass is 303 g/mol. The first-order chi connectivity index (χ1) is 10.1. The number of para-hydroxylation sites is 2. The minimum Gasteiger partial charge on any atom is -0.421 e. The molecule has 4 nitrogen and oxygen atoms in total. The molecule has 1 amide bonds. The number of anilines is 1. The largest absolute Gasteiger partial charge is 0.421 e. The molecule has 108 valence electrons. The smallest absolute Gasteiger partial charge is 0.343 e. The number of esters is 1. The molecule has 0 atom stereocenters. The van der Waals surface area contributed by atoms with Crippen molar-refractivity contribution in [3.63, 3.8) is 0 Å². The van der Waals surface area contributed by atoms with E-state index in [0.29, 0.717) is 28.4 Å².